The van der Waals surface area contributed by atoms with Gasteiger partial charge in [-0.25, -0.2) is 0 Å². The van der Waals surface area contributed by atoms with Crippen LogP contribution >= 0.6 is 7.80 Å². The maximum Gasteiger partial charge on any atom is 0.163 e. The molecular weight excluding hydrogens is 106 g/mol. The van der Waals surface area contributed by atoms with E-state index in [0.29, 0.717) is 5.56 Å². The van der Waals surface area contributed by atoms with Crippen LogP contribution < -0.4 is 0 Å². The predicted octanol–water partition coefficient (Wildman–Crippen LogP) is 1.03. The van der Waals surface area contributed by atoms with Crippen LogP contribution in [0.3, 0.4) is 0 Å². The maximum atomic E-state index is 9.93. The molecule has 0 saturated carbocycles. The summed E-state index contributed by atoms with van der Waals surface area (Å²) in [6, 6.07) is 1.09. The molecular formula is C4H7BOP. The van der Waals surface area contributed by atoms with Crippen molar-refractivity contribution in [1.29, 1.82) is 0 Å². The second-order valence-corrected chi connectivity index (χ2v) is 3.74. The highest BCUT2D eigenvalue weighted by atomic mass is 31.1. The Morgan fingerprint density at radius 3 is 2.86 bits per heavy atom. The molecule has 7 heavy (non-hydrogen) atoms. The number of hydrogen-bond acceptors (Lipinski definition) is 1. The highest BCUT2D eigenvalue weighted by molar-refractivity contribution is 8.10. The third-order valence-electron chi connectivity index (χ3n) is 1.18. The number of hydrogen-bond donors (Lipinski definition) is 0. The van der Waals surface area contributed by atoms with E-state index in [4.69, 9.17) is 0 Å². The van der Waals surface area contributed by atoms with Gasteiger partial charge in [0.1, 0.15) is 6.03 Å². The first-order valence-electron chi connectivity index (χ1n) is 2.46. The Balaban J connectivity index is 2.17. The average molecular weight is 113 g/mol. The number of rotatable bonds is 2. The highest BCUT2D eigenvalue weighted by Crippen LogP contribution is 2.54. The zero-order chi connectivity index (χ0) is 5.28. The maximum absolute atomic E-state index is 9.93. The van der Waals surface area contributed by atoms with Crippen LogP contribution in [0.2, 0.25) is 0 Å². The van der Waals surface area contributed by atoms with Gasteiger partial charge in [0, 0.05) is 0 Å². The Kier molecular flexibility index (Phi) is 1.48. The summed E-state index contributed by atoms with van der Waals surface area (Å²) in [6.45, 7) is 4.26. The molecule has 0 amide bonds. The minimum Gasteiger partial charge on any atom is -0.299 e. The van der Waals surface area contributed by atoms with Crippen molar-refractivity contribution in [3.63, 3.8) is 0 Å². The summed E-state index contributed by atoms with van der Waals surface area (Å²) in [5.74, 6) is 0. The van der Waals surface area contributed by atoms with Crippen molar-refractivity contribution >= 4 is 20.8 Å². The van der Waals surface area contributed by atoms with E-state index in [0.717, 1.165) is 12.4 Å². The number of carbonyl (C=O) groups is 1. The molecule has 2 unspecified atom stereocenters. The van der Waals surface area contributed by atoms with Gasteiger partial charge < -0.3 is 0 Å². The van der Waals surface area contributed by atoms with Gasteiger partial charge >= 0.3 is 0 Å². The standard InChI is InChI=1S/C4H7BOP/c1-2-4-5-7(4)3-6/h3-4H,2H2,1H3. The largest absolute Gasteiger partial charge is 0.299 e. The molecule has 1 saturated heterocycles. The highest BCUT2D eigenvalue weighted by Gasteiger charge is 2.35. The molecule has 1 radical (unpaired) electrons. The van der Waals surface area contributed by atoms with Gasteiger partial charge in [-0.15, -0.1) is 0 Å². The van der Waals surface area contributed by atoms with E-state index in [2.05, 4.69) is 13.9 Å². The van der Waals surface area contributed by atoms with E-state index in [9.17, 15) is 4.79 Å². The topological polar surface area (TPSA) is 17.1 Å². The Bertz CT molecular complexity index is 85.8. The second-order valence-electron chi connectivity index (χ2n) is 1.68. The lowest BCUT2D eigenvalue weighted by molar-refractivity contribution is 0.569. The first kappa shape index (κ1) is 5.30. The smallest absolute Gasteiger partial charge is 0.163 e. The molecule has 0 N–H and O–H groups in total. The van der Waals surface area contributed by atoms with Crippen molar-refractivity contribution in [2.24, 2.45) is 0 Å². The molecule has 1 aliphatic rings. The molecule has 3 heteroatoms. The summed E-state index contributed by atoms with van der Waals surface area (Å²) in [6.07, 6.45) is 1.16. The third kappa shape index (κ3) is 1.03. The third-order valence-corrected chi connectivity index (χ3v) is 3.06. The van der Waals surface area contributed by atoms with E-state index in [-0.39, 0.29) is 7.80 Å². The molecule has 0 aromatic heterocycles. The summed E-state index contributed by atoms with van der Waals surface area (Å²) >= 11 is 0. The van der Waals surface area contributed by atoms with Crippen molar-refractivity contribution in [1.82, 2.24) is 0 Å². The zero-order valence-corrected chi connectivity index (χ0v) is 5.19. The van der Waals surface area contributed by atoms with E-state index >= 15 is 0 Å². The van der Waals surface area contributed by atoms with E-state index in [1.54, 1.807) is 0 Å². The van der Waals surface area contributed by atoms with Gasteiger partial charge in [-0.2, -0.15) is 0 Å². The lowest BCUT2D eigenvalue weighted by atomic mass is 10.0. The van der Waals surface area contributed by atoms with Gasteiger partial charge in [-0.1, -0.05) is 21.1 Å². The SMILES string of the molecule is CCC1[B]P1C=O. The number of carbonyl (C=O) groups excluding carboxylic acids is 1. The summed E-state index contributed by atoms with van der Waals surface area (Å²) in [5.41, 5.74) is 0.687. The van der Waals surface area contributed by atoms with E-state index in [1.165, 1.54) is 0 Å². The molecule has 2 atom stereocenters. The molecule has 1 rings (SSSR count). The monoisotopic (exact) mass is 113 g/mol. The molecule has 1 aliphatic heterocycles. The lowest BCUT2D eigenvalue weighted by Crippen LogP contribution is -1.74. The van der Waals surface area contributed by atoms with Gasteiger partial charge in [0.05, 0.1) is 0 Å². The van der Waals surface area contributed by atoms with Crippen LogP contribution in [-0.4, -0.2) is 18.6 Å². The summed E-state index contributed by atoms with van der Waals surface area (Å²) < 4.78 is 0. The minimum atomic E-state index is -0.217. The fraction of sp³-hybridized carbons (Fsp3) is 0.750. The van der Waals surface area contributed by atoms with Crippen molar-refractivity contribution < 1.29 is 4.79 Å². The van der Waals surface area contributed by atoms with Crippen LogP contribution in [0.25, 0.3) is 0 Å². The predicted molar refractivity (Wildman–Crippen MR) is 33.5 cm³/mol. The quantitative estimate of drug-likeness (QED) is 0.297. The molecule has 0 spiro atoms. The van der Waals surface area contributed by atoms with Crippen molar-refractivity contribution in [2.75, 3.05) is 0 Å². The molecule has 0 aliphatic carbocycles. The van der Waals surface area contributed by atoms with Gasteiger partial charge in [-0.05, 0) is 5.56 Å². The summed E-state index contributed by atoms with van der Waals surface area (Å²) in [7, 11) is -0.217. The molecule has 1 fully saturated rings. The fourth-order valence-electron chi connectivity index (χ4n) is 0.590. The minimum absolute atomic E-state index is 0.217. The molecule has 0 aromatic carbocycles. The van der Waals surface area contributed by atoms with Crippen molar-refractivity contribution in [2.45, 2.75) is 18.9 Å². The first-order valence-corrected chi connectivity index (χ1v) is 4.01. The Hall–Kier alpha value is 0.165. The summed E-state index contributed by atoms with van der Waals surface area (Å²) in [4.78, 5) is 9.93. The fourth-order valence-corrected chi connectivity index (χ4v) is 2.00. The molecule has 1 heterocycles. The normalized spacial score (nSPS) is 36.7. The van der Waals surface area contributed by atoms with Crippen LogP contribution in [0.1, 0.15) is 13.3 Å². The first-order chi connectivity index (χ1) is 3.38. The summed E-state index contributed by atoms with van der Waals surface area (Å²) in [5, 5.41) is 0. The van der Waals surface area contributed by atoms with Crippen LogP contribution in [0, 0.1) is 0 Å². The van der Waals surface area contributed by atoms with Crippen molar-refractivity contribution in [3.8, 4) is 0 Å². The zero-order valence-electron chi connectivity index (χ0n) is 4.29. The van der Waals surface area contributed by atoms with E-state index in [1.807, 2.05) is 0 Å². The van der Waals surface area contributed by atoms with Gasteiger partial charge in [-0.3, -0.25) is 4.79 Å². The van der Waals surface area contributed by atoms with Crippen molar-refractivity contribution in [3.05, 3.63) is 0 Å². The Morgan fingerprint density at radius 2 is 2.71 bits per heavy atom. The second kappa shape index (κ2) is 1.96. The van der Waals surface area contributed by atoms with Crippen LogP contribution in [0.5, 0.6) is 0 Å². The molecule has 0 aromatic rings. The Labute approximate surface area is 45.4 Å². The lowest BCUT2D eigenvalue weighted by Gasteiger charge is -1.81. The molecule has 1 nitrogen and oxygen atoms in total. The van der Waals surface area contributed by atoms with Crippen LogP contribution in [-0.2, 0) is 4.79 Å². The van der Waals surface area contributed by atoms with E-state index < -0.39 is 0 Å². The van der Waals surface area contributed by atoms with Gasteiger partial charge in [0.2, 0.25) is 0 Å². The van der Waals surface area contributed by atoms with Gasteiger partial charge in [0.15, 0.2) is 7.00 Å². The van der Waals surface area contributed by atoms with Crippen LogP contribution in [0.4, 0.5) is 0 Å². The Morgan fingerprint density at radius 1 is 2.00 bits per heavy atom. The average Bonchev–Trinajstić information content (AvgIpc) is 2.43. The molecule has 37 valence electrons. The van der Waals surface area contributed by atoms with Crippen LogP contribution in [0.15, 0.2) is 0 Å². The molecule has 0 bridgehead atoms. The van der Waals surface area contributed by atoms with Gasteiger partial charge in [0.25, 0.3) is 0 Å².